The fraction of sp³-hybridized carbons (Fsp3) is 0.607. The molecule has 1 aliphatic carbocycles. The van der Waals surface area contributed by atoms with E-state index in [1.165, 1.54) is 11.3 Å². The van der Waals surface area contributed by atoms with Gasteiger partial charge in [-0.3, -0.25) is 24.1 Å². The minimum absolute atomic E-state index is 0.0196. The van der Waals surface area contributed by atoms with Crippen molar-refractivity contribution in [3.63, 3.8) is 0 Å². The molecule has 1 aromatic carbocycles. The highest BCUT2D eigenvalue weighted by Crippen LogP contribution is 2.39. The molecule has 222 valence electrons. The highest BCUT2D eigenvalue weighted by molar-refractivity contribution is 7.88. The Morgan fingerprint density at radius 3 is 2.59 bits per heavy atom. The molecule has 6 atom stereocenters. The molecular weight excluding hydrogens is 566 g/mol. The van der Waals surface area contributed by atoms with Gasteiger partial charge in [0, 0.05) is 12.5 Å². The van der Waals surface area contributed by atoms with Gasteiger partial charge in [0.2, 0.25) is 33.5 Å². The average Bonchev–Trinajstić information content (AvgIpc) is 3.70. The topological polar surface area (TPSA) is 155 Å². The number of imide groups is 1. The molecule has 1 saturated carbocycles. The van der Waals surface area contributed by atoms with E-state index in [-0.39, 0.29) is 23.3 Å². The summed E-state index contributed by atoms with van der Waals surface area (Å²) in [6, 6.07) is 3.98. The first-order valence-corrected chi connectivity index (χ1v) is 16.9. The van der Waals surface area contributed by atoms with Crippen LogP contribution in [0.5, 0.6) is 0 Å². The fourth-order valence-corrected chi connectivity index (χ4v) is 8.25. The van der Waals surface area contributed by atoms with Gasteiger partial charge in [-0.05, 0) is 62.1 Å². The summed E-state index contributed by atoms with van der Waals surface area (Å²) in [5.41, 5.74) is 0.618. The summed E-state index contributed by atoms with van der Waals surface area (Å²) >= 11 is 1.17. The Balaban J connectivity index is 1.60. The molecular formula is C28H37N5O6S2. The number of carbonyl (C=O) groups excluding carboxylic acids is 4. The summed E-state index contributed by atoms with van der Waals surface area (Å²) in [5, 5.41) is 6.19. The number of rotatable bonds is 10. The molecule has 41 heavy (non-hydrogen) atoms. The zero-order valence-corrected chi connectivity index (χ0v) is 25.1. The number of benzene rings is 1. The monoisotopic (exact) mass is 603 g/mol. The van der Waals surface area contributed by atoms with Gasteiger partial charge in [-0.1, -0.05) is 32.4 Å². The number of hydrogen-bond donors (Lipinski definition) is 3. The van der Waals surface area contributed by atoms with Crippen molar-refractivity contribution in [3.05, 3.63) is 29.3 Å². The molecule has 11 nitrogen and oxygen atoms in total. The molecule has 3 amide bonds. The Bertz CT molecular complexity index is 1420. The van der Waals surface area contributed by atoms with Crippen molar-refractivity contribution in [1.29, 1.82) is 0 Å². The lowest BCUT2D eigenvalue weighted by molar-refractivity contribution is -0.151. The number of amides is 3. The highest BCUT2D eigenvalue weighted by Gasteiger charge is 2.50. The standard InChI is InChI=1S/C28H37N5O6S2/c1-15(2)22(32-41(3,38)39)27(36)33(28(37)23-18-8-6-7-17(18)14-30-23)20(13-16-11-12-29-25(16)35)24(34)26-31-19-9-4-5-10-21(19)40-26/h4-5,9-10,15-18,20,22-23,30,32H,6-8,11-14H2,1-3H3,(H,29,35)/t16-,17+,18-,20-,22-,23-/m0/s1. The molecule has 5 rings (SSSR count). The molecule has 1 aromatic heterocycles. The van der Waals surface area contributed by atoms with E-state index in [0.29, 0.717) is 30.9 Å². The summed E-state index contributed by atoms with van der Waals surface area (Å²) in [6.07, 6.45) is 4.14. The van der Waals surface area contributed by atoms with Crippen molar-refractivity contribution in [1.82, 2.24) is 25.2 Å². The smallest absolute Gasteiger partial charge is 0.248 e. The van der Waals surface area contributed by atoms with Gasteiger partial charge in [0.1, 0.15) is 12.1 Å². The molecule has 0 bridgehead atoms. The van der Waals surface area contributed by atoms with Crippen molar-refractivity contribution in [3.8, 4) is 0 Å². The minimum atomic E-state index is -3.84. The molecule has 13 heteroatoms. The van der Waals surface area contributed by atoms with Crippen LogP contribution in [0, 0.1) is 23.7 Å². The maximum absolute atomic E-state index is 14.4. The van der Waals surface area contributed by atoms with Crippen LogP contribution in [-0.2, 0) is 24.4 Å². The summed E-state index contributed by atoms with van der Waals surface area (Å²) in [5.74, 6) is -2.90. The first-order valence-electron chi connectivity index (χ1n) is 14.2. The van der Waals surface area contributed by atoms with Crippen LogP contribution in [0.2, 0.25) is 0 Å². The Morgan fingerprint density at radius 1 is 1.17 bits per heavy atom. The van der Waals surface area contributed by atoms with Crippen LogP contribution in [0.4, 0.5) is 0 Å². The zero-order chi connectivity index (χ0) is 29.5. The third-order valence-corrected chi connectivity index (χ3v) is 10.3. The number of aromatic nitrogens is 1. The predicted molar refractivity (Wildman–Crippen MR) is 155 cm³/mol. The third kappa shape index (κ3) is 6.23. The number of ketones is 1. The number of sulfonamides is 1. The number of fused-ring (bicyclic) bond motifs is 2. The number of hydrogen-bond acceptors (Lipinski definition) is 9. The van der Waals surface area contributed by atoms with Crippen LogP contribution in [-0.4, -0.2) is 79.3 Å². The number of para-hydroxylation sites is 1. The van der Waals surface area contributed by atoms with Crippen molar-refractivity contribution in [2.24, 2.45) is 23.7 Å². The molecule has 3 heterocycles. The molecule has 2 aliphatic heterocycles. The van der Waals surface area contributed by atoms with Crippen molar-refractivity contribution < 1.29 is 27.6 Å². The van der Waals surface area contributed by atoms with E-state index in [2.05, 4.69) is 20.3 Å². The van der Waals surface area contributed by atoms with E-state index in [9.17, 15) is 27.6 Å². The van der Waals surface area contributed by atoms with E-state index in [1.807, 2.05) is 18.2 Å². The quantitative estimate of drug-likeness (QED) is 0.347. The van der Waals surface area contributed by atoms with E-state index in [1.54, 1.807) is 19.9 Å². The van der Waals surface area contributed by atoms with Crippen LogP contribution in [0.3, 0.4) is 0 Å². The number of nitrogens with zero attached hydrogens (tertiary/aromatic N) is 2. The van der Waals surface area contributed by atoms with Gasteiger partial charge in [0.15, 0.2) is 5.01 Å². The Labute approximate surface area is 243 Å². The Morgan fingerprint density at radius 2 is 1.93 bits per heavy atom. The minimum Gasteiger partial charge on any atom is -0.356 e. The number of nitrogens with one attached hydrogen (secondary N) is 3. The predicted octanol–water partition coefficient (Wildman–Crippen LogP) is 1.69. The summed E-state index contributed by atoms with van der Waals surface area (Å²) < 4.78 is 27.7. The Kier molecular flexibility index (Phi) is 8.61. The normalized spacial score (nSPS) is 25.7. The van der Waals surface area contributed by atoms with Crippen LogP contribution in [0.25, 0.3) is 10.2 Å². The molecule has 3 N–H and O–H groups in total. The summed E-state index contributed by atoms with van der Waals surface area (Å²) in [7, 11) is -3.84. The fourth-order valence-electron chi connectivity index (χ4n) is 6.46. The molecule has 0 spiro atoms. The second-order valence-electron chi connectivity index (χ2n) is 11.8. The maximum atomic E-state index is 14.4. The first-order chi connectivity index (χ1) is 19.4. The van der Waals surface area contributed by atoms with Gasteiger partial charge < -0.3 is 10.6 Å². The largest absolute Gasteiger partial charge is 0.356 e. The van der Waals surface area contributed by atoms with Crippen molar-refractivity contribution in [2.75, 3.05) is 19.3 Å². The molecule has 3 fully saturated rings. The number of carbonyl (C=O) groups is 4. The van der Waals surface area contributed by atoms with Gasteiger partial charge in [-0.15, -0.1) is 11.3 Å². The van der Waals surface area contributed by atoms with E-state index >= 15 is 0 Å². The molecule has 2 saturated heterocycles. The zero-order valence-electron chi connectivity index (χ0n) is 23.5. The second kappa shape index (κ2) is 11.9. The lowest BCUT2D eigenvalue weighted by Crippen LogP contribution is -2.61. The second-order valence-corrected chi connectivity index (χ2v) is 14.6. The third-order valence-electron chi connectivity index (χ3n) is 8.55. The lowest BCUT2D eigenvalue weighted by Gasteiger charge is -2.36. The lowest BCUT2D eigenvalue weighted by atomic mass is 9.90. The number of thiazole rings is 1. The van der Waals surface area contributed by atoms with E-state index < -0.39 is 57.6 Å². The van der Waals surface area contributed by atoms with Gasteiger partial charge in [0.25, 0.3) is 0 Å². The summed E-state index contributed by atoms with van der Waals surface area (Å²) in [6.45, 7) is 4.43. The van der Waals surface area contributed by atoms with E-state index in [4.69, 9.17) is 0 Å². The SMILES string of the molecule is CC(C)[C@H](NS(C)(=O)=O)C(=O)N(C(=O)[C@H]1NC[C@H]2CCC[C@@H]21)[C@@H](C[C@@H]1CCNC1=O)C(=O)c1nc2ccccc2s1. The van der Waals surface area contributed by atoms with Crippen molar-refractivity contribution in [2.45, 2.75) is 64.1 Å². The van der Waals surface area contributed by atoms with Crippen LogP contribution >= 0.6 is 11.3 Å². The number of Topliss-reactive ketones (excluding diaryl/α,β-unsaturated/α-hetero) is 1. The van der Waals surface area contributed by atoms with Crippen LogP contribution in [0.15, 0.2) is 24.3 Å². The molecule has 0 unspecified atom stereocenters. The van der Waals surface area contributed by atoms with Gasteiger partial charge in [-0.25, -0.2) is 18.1 Å². The molecule has 2 aromatic rings. The van der Waals surface area contributed by atoms with Gasteiger partial charge >= 0.3 is 0 Å². The summed E-state index contributed by atoms with van der Waals surface area (Å²) in [4.78, 5) is 61.2. The maximum Gasteiger partial charge on any atom is 0.248 e. The van der Waals surface area contributed by atoms with Gasteiger partial charge in [0.05, 0.1) is 22.5 Å². The molecule has 3 aliphatic rings. The first kappa shape index (κ1) is 29.7. The van der Waals surface area contributed by atoms with E-state index in [0.717, 1.165) is 35.1 Å². The highest BCUT2D eigenvalue weighted by atomic mass is 32.2. The Hall–Kier alpha value is -2.74. The van der Waals surface area contributed by atoms with Crippen LogP contribution < -0.4 is 15.4 Å². The van der Waals surface area contributed by atoms with Gasteiger partial charge in [-0.2, -0.15) is 0 Å². The van der Waals surface area contributed by atoms with Crippen LogP contribution in [0.1, 0.15) is 55.8 Å². The average molecular weight is 604 g/mol. The van der Waals surface area contributed by atoms with Crippen molar-refractivity contribution >= 4 is 55.1 Å². The molecule has 0 radical (unpaired) electrons.